The molecular weight excluding hydrogens is 489 g/mol. The number of hydrogen-bond acceptors (Lipinski definition) is 3. The summed E-state index contributed by atoms with van der Waals surface area (Å²) in [5.41, 5.74) is 2.30. The van der Waals surface area contributed by atoms with Crippen LogP contribution >= 0.6 is 24.0 Å². The normalized spacial score (nSPS) is 10.9. The molecule has 0 aliphatic carbocycles. The van der Waals surface area contributed by atoms with Gasteiger partial charge in [0.1, 0.15) is 12.4 Å². The third-order valence-electron chi connectivity index (χ3n) is 4.32. The Morgan fingerprint density at radius 3 is 2.63 bits per heavy atom. The van der Waals surface area contributed by atoms with E-state index in [1.54, 1.807) is 6.20 Å². The largest absolute Gasteiger partial charge is 0.489 e. The minimum Gasteiger partial charge on any atom is -0.489 e. The number of hydrogen-bond donors (Lipinski definition) is 2. The van der Waals surface area contributed by atoms with E-state index in [1.807, 2.05) is 47.3 Å². The van der Waals surface area contributed by atoms with Crippen molar-refractivity contribution in [1.82, 2.24) is 20.4 Å². The predicted octanol–water partition coefficient (Wildman–Crippen LogP) is 4.23. The summed E-state index contributed by atoms with van der Waals surface area (Å²) in [4.78, 5) is 4.71. The number of benzene rings is 2. The van der Waals surface area contributed by atoms with E-state index >= 15 is 0 Å². The molecule has 30 heavy (non-hydrogen) atoms. The number of guanidine groups is 1. The van der Waals surface area contributed by atoms with Crippen molar-refractivity contribution in [2.75, 3.05) is 13.1 Å². The summed E-state index contributed by atoms with van der Waals surface area (Å²) >= 11 is 0. The van der Waals surface area contributed by atoms with E-state index in [-0.39, 0.29) is 24.0 Å². The standard InChI is InChI=1S/C23H29N5O.HI/c1-2-24-23(25-13-7-15-28-16-8-14-27-28)26-18-20-9-6-10-21(17-20)19-29-22-11-4-3-5-12-22;/h3-6,8-12,14,16-17H,2,7,13,15,18-19H2,1H3,(H2,24,25,26);1H. The topological polar surface area (TPSA) is 63.5 Å². The Morgan fingerprint density at radius 2 is 1.87 bits per heavy atom. The first-order chi connectivity index (χ1) is 14.3. The van der Waals surface area contributed by atoms with Crippen LogP contribution in [-0.2, 0) is 19.7 Å². The van der Waals surface area contributed by atoms with Crippen molar-refractivity contribution in [3.05, 3.63) is 84.2 Å². The molecule has 3 rings (SSSR count). The van der Waals surface area contributed by atoms with Crippen molar-refractivity contribution >= 4 is 29.9 Å². The Morgan fingerprint density at radius 1 is 1.03 bits per heavy atom. The highest BCUT2D eigenvalue weighted by atomic mass is 127. The summed E-state index contributed by atoms with van der Waals surface area (Å²) in [6.07, 6.45) is 4.77. The van der Waals surface area contributed by atoms with Crippen LogP contribution in [0.25, 0.3) is 0 Å². The van der Waals surface area contributed by atoms with Crippen LogP contribution < -0.4 is 15.4 Å². The average molecular weight is 519 g/mol. The fraction of sp³-hybridized carbons (Fsp3) is 0.304. The number of rotatable bonds is 10. The van der Waals surface area contributed by atoms with Crippen molar-refractivity contribution in [3.8, 4) is 5.75 Å². The number of aromatic nitrogens is 2. The molecule has 0 saturated heterocycles. The smallest absolute Gasteiger partial charge is 0.191 e. The van der Waals surface area contributed by atoms with Gasteiger partial charge in [-0.15, -0.1) is 24.0 Å². The molecule has 1 heterocycles. The van der Waals surface area contributed by atoms with Crippen molar-refractivity contribution in [1.29, 1.82) is 0 Å². The van der Waals surface area contributed by atoms with Gasteiger partial charge in [-0.25, -0.2) is 4.99 Å². The summed E-state index contributed by atoms with van der Waals surface area (Å²) < 4.78 is 7.78. The Kier molecular flexibility index (Phi) is 10.8. The van der Waals surface area contributed by atoms with Crippen LogP contribution in [0.1, 0.15) is 24.5 Å². The molecule has 0 fully saturated rings. The number of para-hydroxylation sites is 1. The van der Waals surface area contributed by atoms with E-state index in [0.29, 0.717) is 13.2 Å². The lowest BCUT2D eigenvalue weighted by molar-refractivity contribution is 0.306. The maximum Gasteiger partial charge on any atom is 0.191 e. The van der Waals surface area contributed by atoms with Crippen molar-refractivity contribution < 1.29 is 4.74 Å². The first kappa shape index (κ1) is 23.7. The molecule has 0 amide bonds. The monoisotopic (exact) mass is 519 g/mol. The Labute approximate surface area is 195 Å². The van der Waals surface area contributed by atoms with Gasteiger partial charge in [-0.05, 0) is 42.7 Å². The SMILES string of the molecule is CCNC(=NCc1cccc(COc2ccccc2)c1)NCCCn1cccn1.I. The lowest BCUT2D eigenvalue weighted by Crippen LogP contribution is -2.38. The highest BCUT2D eigenvalue weighted by molar-refractivity contribution is 14.0. The zero-order valence-corrected chi connectivity index (χ0v) is 19.7. The van der Waals surface area contributed by atoms with Gasteiger partial charge in [0, 0.05) is 32.0 Å². The lowest BCUT2D eigenvalue weighted by atomic mass is 10.1. The molecule has 1 aromatic heterocycles. The van der Waals surface area contributed by atoms with Gasteiger partial charge in [0.25, 0.3) is 0 Å². The van der Waals surface area contributed by atoms with Crippen LogP contribution in [0, 0.1) is 0 Å². The number of halogens is 1. The summed E-state index contributed by atoms with van der Waals surface area (Å²) in [5.74, 6) is 1.71. The Bertz CT molecular complexity index is 868. The molecule has 0 atom stereocenters. The number of aryl methyl sites for hydroxylation is 1. The first-order valence-corrected chi connectivity index (χ1v) is 10.1. The van der Waals surface area contributed by atoms with Crippen LogP contribution in [0.3, 0.4) is 0 Å². The molecule has 0 saturated carbocycles. The van der Waals surface area contributed by atoms with Gasteiger partial charge in [0.05, 0.1) is 6.54 Å². The minimum atomic E-state index is 0. The number of aliphatic imine (C=N–C) groups is 1. The van der Waals surface area contributed by atoms with Gasteiger partial charge in [0.15, 0.2) is 5.96 Å². The second kappa shape index (κ2) is 13.6. The third-order valence-corrected chi connectivity index (χ3v) is 4.32. The number of nitrogens with one attached hydrogen (secondary N) is 2. The van der Waals surface area contributed by atoms with E-state index in [1.165, 1.54) is 0 Å². The van der Waals surface area contributed by atoms with Crippen LogP contribution in [0.15, 0.2) is 78.0 Å². The van der Waals surface area contributed by atoms with Gasteiger partial charge in [0.2, 0.25) is 0 Å². The minimum absolute atomic E-state index is 0. The third kappa shape index (κ3) is 8.44. The molecule has 0 aliphatic rings. The van der Waals surface area contributed by atoms with Gasteiger partial charge in [-0.3, -0.25) is 4.68 Å². The van der Waals surface area contributed by atoms with Gasteiger partial charge in [-0.2, -0.15) is 5.10 Å². The average Bonchev–Trinajstić information content (AvgIpc) is 3.28. The zero-order chi connectivity index (χ0) is 20.2. The molecule has 6 nitrogen and oxygen atoms in total. The highest BCUT2D eigenvalue weighted by Crippen LogP contribution is 2.13. The first-order valence-electron chi connectivity index (χ1n) is 10.1. The van der Waals surface area contributed by atoms with Crippen LogP contribution in [0.2, 0.25) is 0 Å². The molecule has 0 unspecified atom stereocenters. The summed E-state index contributed by atoms with van der Waals surface area (Å²) in [5, 5.41) is 10.9. The fourth-order valence-electron chi connectivity index (χ4n) is 2.89. The zero-order valence-electron chi connectivity index (χ0n) is 17.3. The summed E-state index contributed by atoms with van der Waals surface area (Å²) in [6.45, 7) is 5.80. The molecule has 0 aliphatic heterocycles. The maximum absolute atomic E-state index is 5.84. The van der Waals surface area contributed by atoms with E-state index in [2.05, 4.69) is 46.9 Å². The summed E-state index contributed by atoms with van der Waals surface area (Å²) in [6, 6.07) is 20.2. The van der Waals surface area contributed by atoms with Gasteiger partial charge >= 0.3 is 0 Å². The Balaban J connectivity index is 0.00000320. The fourth-order valence-corrected chi connectivity index (χ4v) is 2.89. The number of nitrogens with zero attached hydrogens (tertiary/aromatic N) is 3. The van der Waals surface area contributed by atoms with Crippen LogP contribution in [0.5, 0.6) is 5.75 Å². The number of ether oxygens (including phenoxy) is 1. The van der Waals surface area contributed by atoms with E-state index in [0.717, 1.165) is 48.9 Å². The molecule has 160 valence electrons. The molecule has 2 N–H and O–H groups in total. The molecule has 7 heteroatoms. The predicted molar refractivity (Wildman–Crippen MR) is 132 cm³/mol. The van der Waals surface area contributed by atoms with Gasteiger partial charge in [-0.1, -0.05) is 42.5 Å². The highest BCUT2D eigenvalue weighted by Gasteiger charge is 2.01. The van der Waals surface area contributed by atoms with E-state index in [9.17, 15) is 0 Å². The van der Waals surface area contributed by atoms with E-state index in [4.69, 9.17) is 9.73 Å². The lowest BCUT2D eigenvalue weighted by Gasteiger charge is -2.12. The van der Waals surface area contributed by atoms with Crippen molar-refractivity contribution in [2.24, 2.45) is 4.99 Å². The molecule has 0 radical (unpaired) electrons. The Hall–Kier alpha value is -2.55. The maximum atomic E-state index is 5.84. The summed E-state index contributed by atoms with van der Waals surface area (Å²) in [7, 11) is 0. The molecule has 0 spiro atoms. The molecule has 2 aromatic carbocycles. The molecule has 0 bridgehead atoms. The molecule has 3 aromatic rings. The quantitative estimate of drug-likeness (QED) is 0.182. The van der Waals surface area contributed by atoms with Crippen LogP contribution in [-0.4, -0.2) is 28.8 Å². The van der Waals surface area contributed by atoms with Crippen LogP contribution in [0.4, 0.5) is 0 Å². The van der Waals surface area contributed by atoms with Crippen molar-refractivity contribution in [3.63, 3.8) is 0 Å². The van der Waals surface area contributed by atoms with Crippen molar-refractivity contribution in [2.45, 2.75) is 33.0 Å². The van der Waals surface area contributed by atoms with E-state index < -0.39 is 0 Å². The second-order valence-corrected chi connectivity index (χ2v) is 6.67. The molecular formula is C23H30IN5O. The second-order valence-electron chi connectivity index (χ2n) is 6.67. The van der Waals surface area contributed by atoms with Gasteiger partial charge < -0.3 is 15.4 Å².